The summed E-state index contributed by atoms with van der Waals surface area (Å²) in [5.74, 6) is -0.505. The first-order valence-corrected chi connectivity index (χ1v) is 25.6. The predicted octanol–water partition coefficient (Wildman–Crippen LogP) is 7.59. The first-order chi connectivity index (χ1) is 33.1. The minimum atomic E-state index is -4.67. The number of hydrogen-bond acceptors (Lipinski definition) is 14. The Balaban J connectivity index is 0.867. The van der Waals surface area contributed by atoms with E-state index in [1.165, 1.54) is 22.8 Å². The number of nitro groups is 1. The van der Waals surface area contributed by atoms with Crippen LogP contribution in [0.5, 0.6) is 11.6 Å². The van der Waals surface area contributed by atoms with Gasteiger partial charge in [0.1, 0.15) is 24.0 Å². The van der Waals surface area contributed by atoms with Crippen LogP contribution in [0.15, 0.2) is 83.4 Å². The largest absolute Gasteiger partial charge is 0.489 e. The number of ether oxygens (including phenoxy) is 3. The number of carbonyl (C=O) groups is 1. The van der Waals surface area contributed by atoms with E-state index >= 15 is 0 Å². The zero-order valence-corrected chi connectivity index (χ0v) is 40.4. The predicted molar refractivity (Wildman–Crippen MR) is 265 cm³/mol. The lowest BCUT2D eigenvalue weighted by atomic mass is 9.72. The number of amides is 1. The van der Waals surface area contributed by atoms with Crippen LogP contribution in [0.3, 0.4) is 0 Å². The van der Waals surface area contributed by atoms with Gasteiger partial charge >= 0.3 is 0 Å². The standard InChI is InChI=1S/C50H56ClN9O8S/c1-30-24-59(44-18-32-11-13-52-47(32)54-49(44)68-30)42-20-36(57-16-14-56(15-17-57)25-33-10-12-50(2,3)23-41(33)31-4-6-34(51)7-5-31)8-9-40(42)48(61)55-69(64,65)39-21-43(60(62)63)46-45(22-39)67-28-35(53-46)26-58-27-38-19-37(58)29-66-38/h4-9,11,13,18,20-22,30,35,37-38,53H,10,12,14-17,19,23-29H2,1-3H3,(H,52,54)(H,55,61)/t30-,35-,37-,38-/m1/s1. The fourth-order valence-corrected chi connectivity index (χ4v) is 12.1. The molecule has 2 bridgehead atoms. The monoisotopic (exact) mass is 977 g/mol. The lowest BCUT2D eigenvalue weighted by Gasteiger charge is -2.40. The van der Waals surface area contributed by atoms with Crippen molar-refractivity contribution in [1.82, 2.24) is 24.5 Å². The van der Waals surface area contributed by atoms with Gasteiger partial charge in [-0.2, -0.15) is 4.98 Å². The van der Waals surface area contributed by atoms with Gasteiger partial charge < -0.3 is 34.3 Å². The molecule has 19 heteroatoms. The molecule has 3 saturated heterocycles. The molecule has 0 unspecified atom stereocenters. The third-order valence-corrected chi connectivity index (χ3v) is 16.2. The fraction of sp³-hybridized carbons (Fsp3) is 0.440. The molecule has 11 rings (SSSR count). The molecule has 7 heterocycles. The summed E-state index contributed by atoms with van der Waals surface area (Å²) in [5.41, 5.74) is 6.67. The molecule has 0 saturated carbocycles. The van der Waals surface area contributed by atoms with E-state index in [0.717, 1.165) is 87.1 Å². The number of nitrogens with one attached hydrogen (secondary N) is 3. The van der Waals surface area contributed by atoms with Gasteiger partial charge in [0.2, 0.25) is 5.88 Å². The molecule has 362 valence electrons. The number of H-pyrrole nitrogens is 1. The Morgan fingerprint density at radius 3 is 2.58 bits per heavy atom. The summed E-state index contributed by atoms with van der Waals surface area (Å²) in [6.45, 7) is 13.1. The van der Waals surface area contributed by atoms with Crippen molar-refractivity contribution in [1.29, 1.82) is 0 Å². The van der Waals surface area contributed by atoms with Gasteiger partial charge in [0.15, 0.2) is 11.4 Å². The van der Waals surface area contributed by atoms with Crippen molar-refractivity contribution in [3.05, 3.63) is 105 Å². The van der Waals surface area contributed by atoms with E-state index in [-0.39, 0.29) is 47.3 Å². The zero-order valence-electron chi connectivity index (χ0n) is 38.9. The molecule has 69 heavy (non-hydrogen) atoms. The molecule has 5 aromatic rings. The van der Waals surface area contributed by atoms with E-state index in [0.29, 0.717) is 48.6 Å². The van der Waals surface area contributed by atoms with Crippen molar-refractivity contribution in [3.63, 3.8) is 0 Å². The Labute approximate surface area is 405 Å². The van der Waals surface area contributed by atoms with Gasteiger partial charge in [0.25, 0.3) is 21.6 Å². The highest BCUT2D eigenvalue weighted by atomic mass is 35.5. The van der Waals surface area contributed by atoms with Crippen LogP contribution >= 0.6 is 11.6 Å². The number of likely N-dealkylation sites (tertiary alicyclic amines) is 1. The summed E-state index contributed by atoms with van der Waals surface area (Å²) >= 11 is 6.28. The minimum absolute atomic E-state index is 0.0218. The highest BCUT2D eigenvalue weighted by Crippen LogP contribution is 2.45. The summed E-state index contributed by atoms with van der Waals surface area (Å²) in [6, 6.07) is 19.7. The Bertz CT molecular complexity index is 2990. The first kappa shape index (κ1) is 45.5. The number of fused-ring (bicyclic) bond motifs is 5. The number of allylic oxidation sites excluding steroid dienone is 1. The zero-order chi connectivity index (χ0) is 47.8. The van der Waals surface area contributed by atoms with E-state index in [2.05, 4.69) is 55.7 Å². The van der Waals surface area contributed by atoms with E-state index in [1.54, 1.807) is 12.3 Å². The van der Waals surface area contributed by atoms with E-state index in [9.17, 15) is 23.3 Å². The number of halogens is 1. The van der Waals surface area contributed by atoms with Crippen molar-refractivity contribution in [3.8, 4) is 11.6 Å². The lowest BCUT2D eigenvalue weighted by Crippen LogP contribution is -2.47. The molecule has 3 fully saturated rings. The van der Waals surface area contributed by atoms with Crippen LogP contribution in [-0.2, 0) is 14.8 Å². The van der Waals surface area contributed by atoms with Gasteiger partial charge in [-0.15, -0.1) is 0 Å². The maximum atomic E-state index is 14.5. The minimum Gasteiger partial charge on any atom is -0.489 e. The van der Waals surface area contributed by atoms with E-state index in [1.807, 2.05) is 48.2 Å². The number of nitrogens with zero attached hydrogens (tertiary/aromatic N) is 6. The van der Waals surface area contributed by atoms with Gasteiger partial charge in [-0.1, -0.05) is 43.2 Å². The molecule has 3 aromatic carbocycles. The number of pyridine rings is 1. The number of nitro benzene ring substituents is 1. The van der Waals surface area contributed by atoms with Crippen LogP contribution in [0, 0.1) is 15.5 Å². The topological polar surface area (TPSA) is 188 Å². The molecule has 5 aliphatic heterocycles. The first-order valence-electron chi connectivity index (χ1n) is 23.8. The van der Waals surface area contributed by atoms with Crippen molar-refractivity contribution < 1.29 is 32.3 Å². The highest BCUT2D eigenvalue weighted by molar-refractivity contribution is 7.90. The van der Waals surface area contributed by atoms with Crippen LogP contribution in [0.2, 0.25) is 5.02 Å². The summed E-state index contributed by atoms with van der Waals surface area (Å²) in [4.78, 5) is 42.9. The molecule has 0 radical (unpaired) electrons. The van der Waals surface area contributed by atoms with Gasteiger partial charge in [-0.05, 0) is 91.6 Å². The molecule has 1 aliphatic carbocycles. The second-order valence-electron chi connectivity index (χ2n) is 20.1. The van der Waals surface area contributed by atoms with Crippen molar-refractivity contribution in [2.75, 3.05) is 80.7 Å². The number of piperazine rings is 1. The van der Waals surface area contributed by atoms with Crippen LogP contribution in [0.1, 0.15) is 62.4 Å². The number of sulfonamides is 1. The third-order valence-electron chi connectivity index (χ3n) is 14.6. The number of aromatic amines is 1. The number of hydrogen-bond donors (Lipinski definition) is 3. The quantitative estimate of drug-likeness (QED) is 0.0868. The molecular formula is C50H56ClN9O8S. The molecule has 4 atom stereocenters. The van der Waals surface area contributed by atoms with Gasteiger partial charge in [-0.25, -0.2) is 13.1 Å². The number of benzene rings is 3. The summed E-state index contributed by atoms with van der Waals surface area (Å²) in [7, 11) is -4.67. The Morgan fingerprint density at radius 1 is 1.01 bits per heavy atom. The average Bonchev–Trinajstić information content (AvgIpc) is 4.09. The number of aromatic nitrogens is 2. The van der Waals surface area contributed by atoms with Crippen molar-refractivity contribution in [2.24, 2.45) is 5.41 Å². The molecular weight excluding hydrogens is 922 g/mol. The van der Waals surface area contributed by atoms with Crippen molar-refractivity contribution in [2.45, 2.75) is 75.6 Å². The van der Waals surface area contributed by atoms with Crippen LogP contribution in [0.4, 0.5) is 28.4 Å². The Morgan fingerprint density at radius 2 is 1.83 bits per heavy atom. The second kappa shape index (κ2) is 17.8. The third kappa shape index (κ3) is 9.08. The highest BCUT2D eigenvalue weighted by Gasteiger charge is 2.41. The SMILES string of the molecule is C[C@@H]1CN(c2cc(N3CCN(CC4=C(c5ccc(Cl)cc5)CC(C)(C)CC4)CC3)ccc2C(=O)NS(=O)(=O)c2cc3c(c([N+](=O)[O-])c2)N[C@H](CN2C[C@H]4C[C@@H]2CO4)CO3)c2cc3cc[nH]c3nc2O1. The second-order valence-corrected chi connectivity index (χ2v) is 22.2. The fourth-order valence-electron chi connectivity index (χ4n) is 11.0. The summed E-state index contributed by atoms with van der Waals surface area (Å²) in [5, 5.41) is 17.3. The molecule has 0 spiro atoms. The molecule has 1 amide bonds. The van der Waals surface area contributed by atoms with E-state index in [4.69, 9.17) is 30.8 Å². The Hall–Kier alpha value is -5.92. The molecule has 6 aliphatic rings. The summed E-state index contributed by atoms with van der Waals surface area (Å²) < 4.78 is 48.7. The number of morpholine rings is 1. The van der Waals surface area contributed by atoms with Gasteiger partial charge in [0.05, 0.1) is 46.4 Å². The van der Waals surface area contributed by atoms with Gasteiger partial charge in [0, 0.05) is 86.3 Å². The van der Waals surface area contributed by atoms with Crippen LogP contribution < -0.4 is 29.3 Å². The Kier molecular flexibility index (Phi) is 11.7. The van der Waals surface area contributed by atoms with E-state index < -0.39 is 31.4 Å². The number of rotatable bonds is 11. The maximum Gasteiger partial charge on any atom is 0.297 e. The number of carbonyl (C=O) groups excluding carboxylic acids is 1. The van der Waals surface area contributed by atoms with Gasteiger partial charge in [-0.3, -0.25) is 24.7 Å². The average molecular weight is 979 g/mol. The molecule has 2 aromatic heterocycles. The summed E-state index contributed by atoms with van der Waals surface area (Å²) in [6.07, 6.45) is 5.79. The van der Waals surface area contributed by atoms with Crippen LogP contribution in [0.25, 0.3) is 16.6 Å². The lowest BCUT2D eigenvalue weighted by molar-refractivity contribution is -0.384. The van der Waals surface area contributed by atoms with Crippen molar-refractivity contribution >= 4 is 72.6 Å². The maximum absolute atomic E-state index is 14.5. The van der Waals surface area contributed by atoms with Crippen LogP contribution in [-0.4, -0.2) is 129 Å². The smallest absolute Gasteiger partial charge is 0.297 e. The molecule has 17 nitrogen and oxygen atoms in total. The molecule has 3 N–H and O–H groups in total. The number of anilines is 4. The normalized spacial score (nSPS) is 23.5.